The summed E-state index contributed by atoms with van der Waals surface area (Å²) in [6.45, 7) is 2.38. The summed E-state index contributed by atoms with van der Waals surface area (Å²) in [6.07, 6.45) is 0.317. The van der Waals surface area contributed by atoms with Crippen LogP contribution in [0.5, 0.6) is 5.75 Å². The zero-order valence-electron chi connectivity index (χ0n) is 10.7. The van der Waals surface area contributed by atoms with Gasteiger partial charge in [-0.1, -0.05) is 0 Å². The molecule has 6 heteroatoms. The maximum absolute atomic E-state index is 11.8. The van der Waals surface area contributed by atoms with E-state index in [2.05, 4.69) is 15.9 Å². The van der Waals surface area contributed by atoms with Gasteiger partial charge >= 0.3 is 5.97 Å². The highest BCUT2D eigenvalue weighted by atomic mass is 79.9. The van der Waals surface area contributed by atoms with Crippen LogP contribution in [-0.2, 0) is 9.53 Å². The Kier molecular flexibility index (Phi) is 4.09. The number of hydrogen-bond donors (Lipinski definition) is 0. The number of benzene rings is 1. The topological polar surface area (TPSA) is 55.8 Å². The van der Waals surface area contributed by atoms with E-state index >= 15 is 0 Å². The molecular weight excluding hydrogens is 314 g/mol. The quantitative estimate of drug-likeness (QED) is 0.782. The third-order valence-electron chi connectivity index (χ3n) is 2.85. The summed E-state index contributed by atoms with van der Waals surface area (Å²) < 4.78 is 11.1. The second kappa shape index (κ2) is 5.61. The lowest BCUT2D eigenvalue weighted by Gasteiger charge is -2.18. The number of carbonyl (C=O) groups is 2. The van der Waals surface area contributed by atoms with E-state index < -0.39 is 5.97 Å². The van der Waals surface area contributed by atoms with Crippen LogP contribution in [0.2, 0.25) is 0 Å². The first-order valence-corrected chi connectivity index (χ1v) is 6.74. The standard InChI is InChI=1S/C13H14BrNO4/c1-3-18-13(17)8-6-10-11(7-9(8)14)19-5-4-12(16)15(10)2/h6-7H,3-5H2,1-2H3. The van der Waals surface area contributed by atoms with Gasteiger partial charge in [0, 0.05) is 11.5 Å². The van der Waals surface area contributed by atoms with Gasteiger partial charge in [-0.05, 0) is 35.0 Å². The zero-order valence-corrected chi connectivity index (χ0v) is 12.3. The summed E-state index contributed by atoms with van der Waals surface area (Å²) in [5.74, 6) is 0.103. The molecule has 0 saturated carbocycles. The molecule has 0 fully saturated rings. The minimum Gasteiger partial charge on any atom is -0.491 e. The monoisotopic (exact) mass is 327 g/mol. The maximum atomic E-state index is 11.8. The maximum Gasteiger partial charge on any atom is 0.339 e. The molecule has 0 saturated heterocycles. The summed E-state index contributed by atoms with van der Waals surface area (Å²) in [6, 6.07) is 3.30. The van der Waals surface area contributed by atoms with Gasteiger partial charge in [-0.3, -0.25) is 4.79 Å². The van der Waals surface area contributed by atoms with Crippen LogP contribution in [0, 0.1) is 0 Å². The van der Waals surface area contributed by atoms with Gasteiger partial charge in [0.1, 0.15) is 5.75 Å². The Bertz CT molecular complexity index is 530. The van der Waals surface area contributed by atoms with E-state index in [1.165, 1.54) is 4.90 Å². The van der Waals surface area contributed by atoms with E-state index in [1.807, 2.05) is 0 Å². The average Bonchev–Trinajstić information content (AvgIpc) is 2.50. The van der Waals surface area contributed by atoms with Crippen molar-refractivity contribution in [3.8, 4) is 5.75 Å². The van der Waals surface area contributed by atoms with Crippen LogP contribution in [0.4, 0.5) is 5.69 Å². The fourth-order valence-corrected chi connectivity index (χ4v) is 2.32. The van der Waals surface area contributed by atoms with Gasteiger partial charge in [0.2, 0.25) is 5.91 Å². The predicted octanol–water partition coefficient (Wildman–Crippen LogP) is 2.37. The Labute approximate surface area is 119 Å². The van der Waals surface area contributed by atoms with Crippen molar-refractivity contribution in [1.82, 2.24) is 0 Å². The van der Waals surface area contributed by atoms with Gasteiger partial charge in [-0.15, -0.1) is 0 Å². The van der Waals surface area contributed by atoms with Crippen LogP contribution < -0.4 is 9.64 Å². The van der Waals surface area contributed by atoms with Crippen LogP contribution in [-0.4, -0.2) is 32.1 Å². The van der Waals surface area contributed by atoms with Crippen molar-refractivity contribution >= 4 is 33.5 Å². The fraction of sp³-hybridized carbons (Fsp3) is 0.385. The Balaban J connectivity index is 2.48. The van der Waals surface area contributed by atoms with Gasteiger partial charge < -0.3 is 14.4 Å². The number of amides is 1. The van der Waals surface area contributed by atoms with Crippen molar-refractivity contribution in [1.29, 1.82) is 0 Å². The normalized spacial score (nSPS) is 14.5. The molecule has 0 radical (unpaired) electrons. The number of ether oxygens (including phenoxy) is 2. The van der Waals surface area contributed by atoms with Gasteiger partial charge in [-0.2, -0.15) is 0 Å². The molecule has 102 valence electrons. The first-order chi connectivity index (χ1) is 9.04. The second-order valence-corrected chi connectivity index (χ2v) is 4.93. The highest BCUT2D eigenvalue weighted by Crippen LogP contribution is 2.36. The third-order valence-corrected chi connectivity index (χ3v) is 3.51. The molecule has 0 atom stereocenters. The second-order valence-electron chi connectivity index (χ2n) is 4.07. The Morgan fingerprint density at radius 3 is 2.95 bits per heavy atom. The summed E-state index contributed by atoms with van der Waals surface area (Å²) in [7, 11) is 1.67. The van der Waals surface area contributed by atoms with E-state index in [-0.39, 0.29) is 5.91 Å². The van der Waals surface area contributed by atoms with Crippen molar-refractivity contribution in [2.45, 2.75) is 13.3 Å². The minimum absolute atomic E-state index is 0.0455. The molecule has 0 aromatic heterocycles. The Hall–Kier alpha value is -1.56. The van der Waals surface area contributed by atoms with Crippen molar-refractivity contribution in [3.05, 3.63) is 22.2 Å². The lowest BCUT2D eigenvalue weighted by atomic mass is 10.1. The number of fused-ring (bicyclic) bond motifs is 1. The summed E-state index contributed by atoms with van der Waals surface area (Å²) >= 11 is 3.32. The minimum atomic E-state index is -0.428. The van der Waals surface area contributed by atoms with Crippen LogP contribution in [0.1, 0.15) is 23.7 Å². The van der Waals surface area contributed by atoms with Crippen molar-refractivity contribution in [2.75, 3.05) is 25.2 Å². The molecule has 5 nitrogen and oxygen atoms in total. The van der Waals surface area contributed by atoms with Crippen LogP contribution >= 0.6 is 15.9 Å². The largest absolute Gasteiger partial charge is 0.491 e. The van der Waals surface area contributed by atoms with Crippen molar-refractivity contribution < 1.29 is 19.1 Å². The molecule has 0 bridgehead atoms. The van der Waals surface area contributed by atoms with Gasteiger partial charge in [0.15, 0.2) is 0 Å². The molecule has 1 aliphatic rings. The number of anilines is 1. The smallest absolute Gasteiger partial charge is 0.339 e. The van der Waals surface area contributed by atoms with Gasteiger partial charge in [-0.25, -0.2) is 4.79 Å². The molecule has 1 heterocycles. The highest BCUT2D eigenvalue weighted by molar-refractivity contribution is 9.10. The number of esters is 1. The molecule has 2 rings (SSSR count). The SMILES string of the molecule is CCOC(=O)c1cc2c(cc1Br)OCCC(=O)N2C. The number of halogens is 1. The molecule has 19 heavy (non-hydrogen) atoms. The number of carbonyl (C=O) groups excluding carboxylic acids is 2. The molecular formula is C13H14BrNO4. The molecule has 0 N–H and O–H groups in total. The van der Waals surface area contributed by atoms with E-state index in [0.717, 1.165) is 0 Å². The predicted molar refractivity (Wildman–Crippen MR) is 73.6 cm³/mol. The fourth-order valence-electron chi connectivity index (χ4n) is 1.84. The van der Waals surface area contributed by atoms with E-state index in [9.17, 15) is 9.59 Å². The van der Waals surface area contributed by atoms with E-state index in [1.54, 1.807) is 26.1 Å². The lowest BCUT2D eigenvalue weighted by Crippen LogP contribution is -2.25. The van der Waals surface area contributed by atoms with Crippen molar-refractivity contribution in [3.63, 3.8) is 0 Å². The molecule has 0 unspecified atom stereocenters. The van der Waals surface area contributed by atoms with Gasteiger partial charge in [0.05, 0.1) is 30.9 Å². The molecule has 1 aliphatic heterocycles. The average molecular weight is 328 g/mol. The van der Waals surface area contributed by atoms with Crippen LogP contribution in [0.3, 0.4) is 0 Å². The first-order valence-electron chi connectivity index (χ1n) is 5.94. The van der Waals surface area contributed by atoms with Crippen LogP contribution in [0.15, 0.2) is 16.6 Å². The van der Waals surface area contributed by atoms with Crippen LogP contribution in [0.25, 0.3) is 0 Å². The number of rotatable bonds is 2. The number of nitrogens with zero attached hydrogens (tertiary/aromatic N) is 1. The van der Waals surface area contributed by atoms with Gasteiger partial charge in [0.25, 0.3) is 0 Å². The zero-order chi connectivity index (χ0) is 14.0. The molecule has 1 aromatic rings. The summed E-state index contributed by atoms with van der Waals surface area (Å²) in [5.41, 5.74) is 0.958. The van der Waals surface area contributed by atoms with Crippen molar-refractivity contribution in [2.24, 2.45) is 0 Å². The number of hydrogen-bond acceptors (Lipinski definition) is 4. The Morgan fingerprint density at radius 2 is 2.26 bits per heavy atom. The Morgan fingerprint density at radius 1 is 1.53 bits per heavy atom. The molecule has 0 spiro atoms. The third kappa shape index (κ3) is 2.73. The van der Waals surface area contributed by atoms with E-state index in [0.29, 0.717) is 41.1 Å². The van der Waals surface area contributed by atoms with E-state index in [4.69, 9.17) is 9.47 Å². The summed E-state index contributed by atoms with van der Waals surface area (Å²) in [4.78, 5) is 25.1. The molecule has 1 aromatic carbocycles. The highest BCUT2D eigenvalue weighted by Gasteiger charge is 2.23. The molecule has 0 aliphatic carbocycles. The summed E-state index contributed by atoms with van der Waals surface area (Å²) in [5, 5.41) is 0. The lowest BCUT2D eigenvalue weighted by molar-refractivity contribution is -0.118. The first kappa shape index (κ1) is 13.9. The molecule has 1 amide bonds.